The number of aromatic nitrogens is 5. The maximum Gasteiger partial charge on any atom is 0.364 e. The Labute approximate surface area is 108 Å². The van der Waals surface area contributed by atoms with Gasteiger partial charge in [-0.3, -0.25) is 4.98 Å². The van der Waals surface area contributed by atoms with Gasteiger partial charge in [0.2, 0.25) is 0 Å². The molecule has 3 aromatic heterocycles. The second kappa shape index (κ2) is 4.52. The Morgan fingerprint density at radius 3 is 3.11 bits per heavy atom. The Hall–Kier alpha value is -2.70. The minimum absolute atomic E-state index is 0.348. The van der Waals surface area contributed by atoms with Crippen LogP contribution in [0.1, 0.15) is 11.1 Å². The van der Waals surface area contributed by atoms with Crippen molar-refractivity contribution >= 4 is 11.5 Å². The van der Waals surface area contributed by atoms with Crippen LogP contribution in [0, 0.1) is 6.92 Å². The van der Waals surface area contributed by atoms with Crippen molar-refractivity contribution in [2.45, 2.75) is 13.5 Å². The summed E-state index contributed by atoms with van der Waals surface area (Å²) >= 11 is 0. The molecule has 0 atom stereocenters. The molecule has 0 aliphatic rings. The summed E-state index contributed by atoms with van der Waals surface area (Å²) in [7, 11) is 0. The van der Waals surface area contributed by atoms with E-state index >= 15 is 0 Å². The summed E-state index contributed by atoms with van der Waals surface area (Å²) in [5.74, 6) is 0.618. The second-order valence-corrected chi connectivity index (χ2v) is 4.17. The van der Waals surface area contributed by atoms with Crippen LogP contribution in [-0.2, 0) is 6.54 Å². The fourth-order valence-corrected chi connectivity index (χ4v) is 1.78. The van der Waals surface area contributed by atoms with E-state index < -0.39 is 0 Å². The van der Waals surface area contributed by atoms with Crippen LogP contribution in [-0.4, -0.2) is 24.8 Å². The predicted molar refractivity (Wildman–Crippen MR) is 69.9 cm³/mol. The number of hydrogen-bond acceptors (Lipinski definition) is 5. The molecule has 0 aliphatic heterocycles. The topological polar surface area (TPSA) is 88.0 Å². The van der Waals surface area contributed by atoms with Gasteiger partial charge < -0.3 is 5.32 Å². The molecule has 0 radical (unpaired) electrons. The van der Waals surface area contributed by atoms with Crippen molar-refractivity contribution in [1.82, 2.24) is 24.8 Å². The Morgan fingerprint density at radius 1 is 1.37 bits per heavy atom. The zero-order valence-electron chi connectivity index (χ0n) is 10.3. The van der Waals surface area contributed by atoms with E-state index in [2.05, 4.69) is 25.6 Å². The molecule has 0 fully saturated rings. The molecule has 3 heterocycles. The van der Waals surface area contributed by atoms with Gasteiger partial charge in [-0.25, -0.2) is 9.89 Å². The predicted octanol–water partition coefficient (Wildman–Crippen LogP) is 0.733. The van der Waals surface area contributed by atoms with Crippen LogP contribution < -0.4 is 11.0 Å². The average Bonchev–Trinajstić information content (AvgIpc) is 2.79. The highest BCUT2D eigenvalue weighted by Gasteiger charge is 2.03. The normalized spacial score (nSPS) is 10.8. The summed E-state index contributed by atoms with van der Waals surface area (Å²) < 4.78 is 1.22. The van der Waals surface area contributed by atoms with Gasteiger partial charge in [0.25, 0.3) is 0 Å². The molecule has 0 amide bonds. The van der Waals surface area contributed by atoms with E-state index in [1.54, 1.807) is 18.3 Å². The van der Waals surface area contributed by atoms with Crippen LogP contribution in [0.25, 0.3) is 5.65 Å². The van der Waals surface area contributed by atoms with Crippen LogP contribution in [0.4, 0.5) is 5.82 Å². The minimum Gasteiger partial charge on any atom is -0.365 e. The maximum atomic E-state index is 11.4. The molecule has 0 aliphatic carbocycles. The number of fused-ring (bicyclic) bond motifs is 1. The lowest BCUT2D eigenvalue weighted by molar-refractivity contribution is 0.874. The summed E-state index contributed by atoms with van der Waals surface area (Å²) in [4.78, 5) is 15.4. The number of rotatable bonds is 3. The molecule has 19 heavy (non-hydrogen) atoms. The van der Waals surface area contributed by atoms with Crippen molar-refractivity contribution in [3.63, 3.8) is 0 Å². The zero-order chi connectivity index (χ0) is 13.2. The molecule has 0 saturated heterocycles. The molecule has 7 nitrogen and oxygen atoms in total. The van der Waals surface area contributed by atoms with Gasteiger partial charge in [-0.15, -0.1) is 5.10 Å². The van der Waals surface area contributed by atoms with Gasteiger partial charge in [0, 0.05) is 18.9 Å². The molecular formula is C12H12N6O. The fourth-order valence-electron chi connectivity index (χ4n) is 1.78. The molecule has 0 saturated carbocycles. The van der Waals surface area contributed by atoms with Crippen LogP contribution in [0.2, 0.25) is 0 Å². The van der Waals surface area contributed by atoms with E-state index in [-0.39, 0.29) is 5.69 Å². The molecule has 3 aromatic rings. The van der Waals surface area contributed by atoms with E-state index in [9.17, 15) is 4.79 Å². The fraction of sp³-hybridized carbons (Fsp3) is 0.167. The first-order chi connectivity index (χ1) is 9.24. The molecule has 0 aromatic carbocycles. The van der Waals surface area contributed by atoms with E-state index in [1.165, 1.54) is 4.52 Å². The molecule has 96 valence electrons. The van der Waals surface area contributed by atoms with Gasteiger partial charge >= 0.3 is 5.69 Å². The SMILES string of the molecule is Cc1cnccc1CNc1ccc2n[nH]c(=O)n2n1. The molecule has 0 bridgehead atoms. The van der Waals surface area contributed by atoms with Crippen molar-refractivity contribution in [3.8, 4) is 0 Å². The zero-order valence-corrected chi connectivity index (χ0v) is 10.3. The van der Waals surface area contributed by atoms with Crippen LogP contribution in [0.5, 0.6) is 0 Å². The lowest BCUT2D eigenvalue weighted by Gasteiger charge is -2.07. The highest BCUT2D eigenvalue weighted by atomic mass is 16.2. The number of H-pyrrole nitrogens is 1. The second-order valence-electron chi connectivity index (χ2n) is 4.17. The average molecular weight is 256 g/mol. The van der Waals surface area contributed by atoms with E-state index in [0.717, 1.165) is 11.1 Å². The van der Waals surface area contributed by atoms with E-state index in [1.807, 2.05) is 19.2 Å². The van der Waals surface area contributed by atoms with Crippen molar-refractivity contribution in [2.24, 2.45) is 0 Å². The number of aryl methyl sites for hydroxylation is 1. The Kier molecular flexibility index (Phi) is 2.71. The Morgan fingerprint density at radius 2 is 2.26 bits per heavy atom. The van der Waals surface area contributed by atoms with Gasteiger partial charge in [-0.1, -0.05) is 0 Å². The molecule has 0 unspecified atom stereocenters. The highest BCUT2D eigenvalue weighted by molar-refractivity contribution is 5.43. The lowest BCUT2D eigenvalue weighted by atomic mass is 10.1. The molecule has 3 rings (SSSR count). The monoisotopic (exact) mass is 256 g/mol. The number of hydrogen-bond donors (Lipinski definition) is 2. The third-order valence-corrected chi connectivity index (χ3v) is 2.87. The number of aromatic amines is 1. The Balaban J connectivity index is 1.84. The third kappa shape index (κ3) is 2.17. The minimum atomic E-state index is -0.348. The summed E-state index contributed by atoms with van der Waals surface area (Å²) in [5, 5.41) is 13.5. The standard InChI is InChI=1S/C12H12N6O/c1-8-6-13-5-4-9(8)7-14-10-2-3-11-15-16-12(19)18(11)17-10/h2-6H,7H2,1H3,(H,14,17)(H,16,19). The summed E-state index contributed by atoms with van der Waals surface area (Å²) in [5.41, 5.74) is 2.39. The van der Waals surface area contributed by atoms with Gasteiger partial charge in [-0.05, 0) is 36.2 Å². The van der Waals surface area contributed by atoms with Gasteiger partial charge in [0.15, 0.2) is 5.65 Å². The first kappa shape index (κ1) is 11.4. The summed E-state index contributed by atoms with van der Waals surface area (Å²) in [6.45, 7) is 2.63. The first-order valence-corrected chi connectivity index (χ1v) is 5.82. The van der Waals surface area contributed by atoms with Gasteiger partial charge in [0.05, 0.1) is 0 Å². The lowest BCUT2D eigenvalue weighted by Crippen LogP contribution is -2.14. The van der Waals surface area contributed by atoms with Crippen LogP contribution in [0.3, 0.4) is 0 Å². The largest absolute Gasteiger partial charge is 0.365 e. The van der Waals surface area contributed by atoms with Crippen molar-refractivity contribution < 1.29 is 0 Å². The molecular weight excluding hydrogens is 244 g/mol. The van der Waals surface area contributed by atoms with Crippen molar-refractivity contribution in [1.29, 1.82) is 0 Å². The van der Waals surface area contributed by atoms with Gasteiger partial charge in [0.1, 0.15) is 5.82 Å². The number of nitrogens with zero attached hydrogens (tertiary/aromatic N) is 4. The van der Waals surface area contributed by atoms with E-state index in [4.69, 9.17) is 0 Å². The molecule has 0 spiro atoms. The van der Waals surface area contributed by atoms with Crippen LogP contribution >= 0.6 is 0 Å². The number of anilines is 1. The number of nitrogens with one attached hydrogen (secondary N) is 2. The number of pyridine rings is 1. The smallest absolute Gasteiger partial charge is 0.364 e. The third-order valence-electron chi connectivity index (χ3n) is 2.87. The van der Waals surface area contributed by atoms with Crippen LogP contribution in [0.15, 0.2) is 35.4 Å². The van der Waals surface area contributed by atoms with E-state index in [0.29, 0.717) is 18.0 Å². The molecule has 2 N–H and O–H groups in total. The Bertz CT molecular complexity index is 775. The molecule has 7 heteroatoms. The summed E-state index contributed by atoms with van der Waals surface area (Å²) in [6, 6.07) is 5.46. The first-order valence-electron chi connectivity index (χ1n) is 5.82. The van der Waals surface area contributed by atoms with Gasteiger partial charge in [-0.2, -0.15) is 9.61 Å². The van der Waals surface area contributed by atoms with Crippen molar-refractivity contribution in [2.75, 3.05) is 5.32 Å². The highest BCUT2D eigenvalue weighted by Crippen LogP contribution is 2.09. The maximum absolute atomic E-state index is 11.4. The van der Waals surface area contributed by atoms with Crippen molar-refractivity contribution in [3.05, 3.63) is 52.2 Å². The summed E-state index contributed by atoms with van der Waals surface area (Å²) in [6.07, 6.45) is 3.56. The quantitative estimate of drug-likeness (QED) is 0.721.